The Morgan fingerprint density at radius 1 is 0.737 bits per heavy atom. The highest BCUT2D eigenvalue weighted by molar-refractivity contribution is 9.10. The molecule has 3 nitrogen and oxygen atoms in total. The second-order valence-corrected chi connectivity index (χ2v) is 11.8. The molecule has 0 saturated carbocycles. The quantitative estimate of drug-likeness (QED) is 0.170. The van der Waals surface area contributed by atoms with Crippen LogP contribution in [0.1, 0.15) is 34.1 Å². The van der Waals surface area contributed by atoms with Gasteiger partial charge in [0.25, 0.3) is 0 Å². The third-order valence-electron chi connectivity index (χ3n) is 6.01. The van der Waals surface area contributed by atoms with Crippen LogP contribution in [0, 0.1) is 11.6 Å². The van der Waals surface area contributed by atoms with Crippen molar-refractivity contribution in [3.8, 4) is 0 Å². The van der Waals surface area contributed by atoms with Gasteiger partial charge >= 0.3 is 0 Å². The van der Waals surface area contributed by atoms with Crippen molar-refractivity contribution < 1.29 is 13.6 Å². The number of carbonyl (C=O) groups excluding carboxylic acids is 1. The topological polar surface area (TPSA) is 42.9 Å². The smallest absolute Gasteiger partial charge is 0.148 e. The van der Waals surface area contributed by atoms with Crippen molar-refractivity contribution in [2.45, 2.75) is 24.7 Å². The van der Waals surface area contributed by atoms with Crippen LogP contribution in [0.2, 0.25) is 20.4 Å². The van der Waals surface area contributed by atoms with E-state index >= 15 is 8.78 Å². The maximum absolute atomic E-state index is 15.0. The van der Waals surface area contributed by atoms with E-state index in [0.717, 1.165) is 0 Å². The van der Waals surface area contributed by atoms with Crippen LogP contribution < -0.4 is 0 Å². The number of nitrogens with zero attached hydrogens (tertiary/aromatic N) is 2. The van der Waals surface area contributed by atoms with Crippen LogP contribution in [0.3, 0.4) is 0 Å². The number of Topliss-reactive ketones (excluding diaryl/α,β-unsaturated/α-hetero) is 1. The van der Waals surface area contributed by atoms with Crippen molar-refractivity contribution in [2.24, 2.45) is 0 Å². The normalized spacial score (nSPS) is 12.8. The minimum absolute atomic E-state index is 0.0696. The molecule has 0 bridgehead atoms. The van der Waals surface area contributed by atoms with Crippen molar-refractivity contribution in [1.82, 2.24) is 9.97 Å². The number of benzene rings is 2. The summed E-state index contributed by atoms with van der Waals surface area (Å²) in [5, 5.41) is -0.0202. The number of carbonyl (C=O) groups is 1. The first-order chi connectivity index (χ1) is 18.1. The van der Waals surface area contributed by atoms with Gasteiger partial charge in [0.1, 0.15) is 27.7 Å². The van der Waals surface area contributed by atoms with Gasteiger partial charge in [-0.3, -0.25) is 4.79 Å². The third-order valence-corrected chi connectivity index (χ3v) is 8.10. The van der Waals surface area contributed by atoms with Crippen molar-refractivity contribution in [1.29, 1.82) is 0 Å². The van der Waals surface area contributed by atoms with Crippen molar-refractivity contribution in [3.05, 3.63) is 124 Å². The molecule has 0 aliphatic heterocycles. The zero-order chi connectivity index (χ0) is 27.6. The maximum Gasteiger partial charge on any atom is 0.148 e. The largest absolute Gasteiger partial charge is 0.298 e. The molecule has 2 atom stereocenters. The van der Waals surface area contributed by atoms with E-state index in [9.17, 15) is 4.79 Å². The summed E-state index contributed by atoms with van der Waals surface area (Å²) in [6.45, 7) is 0. The van der Waals surface area contributed by atoms with E-state index in [4.69, 9.17) is 46.4 Å². The van der Waals surface area contributed by atoms with Crippen LogP contribution in [0.15, 0.2) is 69.9 Å². The van der Waals surface area contributed by atoms with Gasteiger partial charge in [0, 0.05) is 32.5 Å². The standard InChI is InChI=1S/C27H16Br2Cl4F2N2O/c28-15-9-19(26(32)36-11-15)17(7-13-3-1-5-21(30)23(13)34)25(38)18(20-10-16(29)12-37-27(20)33)8-14-4-2-6-22(31)24(14)35/h1-6,9-12,17-18H,7-8H2. The molecule has 2 heterocycles. The van der Waals surface area contributed by atoms with E-state index in [0.29, 0.717) is 20.1 Å². The lowest BCUT2D eigenvalue weighted by atomic mass is 9.78. The van der Waals surface area contributed by atoms with E-state index in [2.05, 4.69) is 41.8 Å². The molecule has 38 heavy (non-hydrogen) atoms. The van der Waals surface area contributed by atoms with E-state index in [1.165, 1.54) is 24.5 Å². The van der Waals surface area contributed by atoms with Gasteiger partial charge in [0.2, 0.25) is 0 Å². The average molecular weight is 724 g/mol. The van der Waals surface area contributed by atoms with Gasteiger partial charge in [-0.2, -0.15) is 0 Å². The fourth-order valence-electron chi connectivity index (χ4n) is 4.19. The Bertz CT molecular complexity index is 1410. The monoisotopic (exact) mass is 720 g/mol. The SMILES string of the molecule is O=C(C(Cc1cccc(Cl)c1F)c1cc(Br)cnc1Cl)C(Cc1cccc(Cl)c1F)c1cc(Br)cnc1Cl. The highest BCUT2D eigenvalue weighted by Crippen LogP contribution is 2.39. The molecule has 0 saturated heterocycles. The molecule has 11 heteroatoms. The molecule has 0 aliphatic carbocycles. The zero-order valence-electron chi connectivity index (χ0n) is 19.2. The molecule has 2 aromatic heterocycles. The van der Waals surface area contributed by atoms with E-state index in [1.807, 2.05) is 0 Å². The summed E-state index contributed by atoms with van der Waals surface area (Å²) in [7, 11) is 0. The summed E-state index contributed by atoms with van der Waals surface area (Å²) in [6.07, 6.45) is 2.80. The zero-order valence-corrected chi connectivity index (χ0v) is 25.4. The second-order valence-electron chi connectivity index (χ2n) is 8.41. The second kappa shape index (κ2) is 12.7. The molecule has 0 aliphatic rings. The molecular formula is C27H16Br2Cl4F2N2O. The van der Waals surface area contributed by atoms with Crippen LogP contribution in [-0.4, -0.2) is 15.8 Å². The lowest BCUT2D eigenvalue weighted by molar-refractivity contribution is -0.122. The van der Waals surface area contributed by atoms with Crippen LogP contribution in [0.5, 0.6) is 0 Å². The summed E-state index contributed by atoms with van der Waals surface area (Å²) < 4.78 is 31.1. The minimum Gasteiger partial charge on any atom is -0.298 e. The first-order valence-corrected chi connectivity index (χ1v) is 14.2. The summed E-state index contributed by atoms with van der Waals surface area (Å²) in [6, 6.07) is 12.4. The van der Waals surface area contributed by atoms with Crippen LogP contribution in [-0.2, 0) is 17.6 Å². The predicted octanol–water partition coefficient (Wildman–Crippen LogP) is 9.82. The predicted molar refractivity (Wildman–Crippen MR) is 155 cm³/mol. The first kappa shape index (κ1) is 29.4. The highest BCUT2D eigenvalue weighted by atomic mass is 79.9. The third kappa shape index (κ3) is 6.57. The number of halogens is 8. The summed E-state index contributed by atoms with van der Waals surface area (Å²) in [4.78, 5) is 22.8. The Kier molecular flexibility index (Phi) is 9.82. The van der Waals surface area contributed by atoms with Crippen molar-refractivity contribution in [2.75, 3.05) is 0 Å². The van der Waals surface area contributed by atoms with Gasteiger partial charge in [0.05, 0.1) is 21.9 Å². The van der Waals surface area contributed by atoms with E-state index < -0.39 is 29.3 Å². The Hall–Kier alpha value is -1.61. The van der Waals surface area contributed by atoms with Gasteiger partial charge in [0.15, 0.2) is 0 Å². The Morgan fingerprint density at radius 3 is 1.53 bits per heavy atom. The fourth-order valence-corrected chi connectivity index (χ4v) is 5.74. The highest BCUT2D eigenvalue weighted by Gasteiger charge is 2.34. The van der Waals surface area contributed by atoms with E-state index in [-0.39, 0.29) is 44.3 Å². The number of rotatable bonds is 8. The van der Waals surface area contributed by atoms with Crippen LogP contribution in [0.4, 0.5) is 8.78 Å². The Balaban J connectivity index is 1.89. The molecule has 4 rings (SSSR count). The van der Waals surface area contributed by atoms with Crippen molar-refractivity contribution >= 4 is 84.0 Å². The number of hydrogen-bond acceptors (Lipinski definition) is 3. The van der Waals surface area contributed by atoms with Crippen LogP contribution >= 0.6 is 78.3 Å². The molecular weight excluding hydrogens is 708 g/mol. The molecule has 196 valence electrons. The molecule has 0 fully saturated rings. The van der Waals surface area contributed by atoms with Gasteiger partial charge in [-0.1, -0.05) is 70.7 Å². The molecule has 2 unspecified atom stereocenters. The Labute approximate surface area is 254 Å². The fraction of sp³-hybridized carbons (Fsp3) is 0.148. The molecule has 4 aromatic rings. The first-order valence-electron chi connectivity index (χ1n) is 11.1. The maximum atomic E-state index is 15.0. The molecule has 2 aromatic carbocycles. The van der Waals surface area contributed by atoms with Gasteiger partial charge in [-0.15, -0.1) is 0 Å². The number of aromatic nitrogens is 2. The van der Waals surface area contributed by atoms with Gasteiger partial charge in [-0.25, -0.2) is 18.7 Å². The lowest BCUT2D eigenvalue weighted by Gasteiger charge is -2.25. The number of ketones is 1. The van der Waals surface area contributed by atoms with Crippen molar-refractivity contribution in [3.63, 3.8) is 0 Å². The Morgan fingerprint density at radius 2 is 1.13 bits per heavy atom. The molecule has 0 N–H and O–H groups in total. The summed E-state index contributed by atoms with van der Waals surface area (Å²) >= 11 is 31.7. The van der Waals surface area contributed by atoms with Gasteiger partial charge < -0.3 is 0 Å². The average Bonchev–Trinajstić information content (AvgIpc) is 2.88. The minimum atomic E-state index is -0.997. The molecule has 0 amide bonds. The van der Waals surface area contributed by atoms with Crippen LogP contribution in [0.25, 0.3) is 0 Å². The molecule has 0 radical (unpaired) electrons. The number of hydrogen-bond donors (Lipinski definition) is 0. The summed E-state index contributed by atoms with van der Waals surface area (Å²) in [5.41, 5.74) is 1.14. The number of pyridine rings is 2. The molecule has 0 spiro atoms. The van der Waals surface area contributed by atoms with E-state index in [1.54, 1.807) is 36.4 Å². The van der Waals surface area contributed by atoms with Gasteiger partial charge in [-0.05, 0) is 80.1 Å². The lowest BCUT2D eigenvalue weighted by Crippen LogP contribution is -2.26. The summed E-state index contributed by atoms with van der Waals surface area (Å²) in [5.74, 6) is -3.69.